The van der Waals surface area contributed by atoms with Gasteiger partial charge in [0.2, 0.25) is 0 Å². The number of carbonyl (C=O) groups is 2. The molecule has 1 aromatic heterocycles. The fraction of sp³-hybridized carbons (Fsp3) is 0.357. The number of thioether (sulfide) groups is 1. The van der Waals surface area contributed by atoms with Gasteiger partial charge in [0.05, 0.1) is 48.7 Å². The molecule has 2 fully saturated rings. The van der Waals surface area contributed by atoms with E-state index >= 15 is 4.39 Å². The van der Waals surface area contributed by atoms with Gasteiger partial charge in [-0.15, -0.1) is 11.8 Å². The topological polar surface area (TPSA) is 132 Å². The summed E-state index contributed by atoms with van der Waals surface area (Å²) in [5.74, 6) is -3.51. The number of halogens is 3. The number of rotatable bonds is 15. The first-order valence-electron chi connectivity index (χ1n) is 18.6. The Kier molecular flexibility index (Phi) is 14.5. The van der Waals surface area contributed by atoms with E-state index in [-0.39, 0.29) is 54.9 Å². The fourth-order valence-electron chi connectivity index (χ4n) is 6.58. The van der Waals surface area contributed by atoms with Crippen LogP contribution in [0, 0.1) is 28.8 Å². The molecule has 2 aliphatic rings. The van der Waals surface area contributed by atoms with E-state index in [2.05, 4.69) is 15.0 Å². The van der Waals surface area contributed by atoms with Crippen molar-refractivity contribution in [2.45, 2.75) is 42.5 Å². The smallest absolute Gasteiger partial charge is 0.339 e. The van der Waals surface area contributed by atoms with E-state index in [0.29, 0.717) is 11.1 Å². The molecular weight excluding hydrogens is 774 g/mol. The molecule has 3 aromatic carbocycles. The molecular formula is C42H43F3N6O6S. The first-order valence-corrected chi connectivity index (χ1v) is 19.6. The van der Waals surface area contributed by atoms with Crippen LogP contribution < -0.4 is 0 Å². The van der Waals surface area contributed by atoms with Gasteiger partial charge in [0.15, 0.2) is 11.9 Å². The monoisotopic (exact) mass is 816 g/mol. The lowest BCUT2D eigenvalue weighted by molar-refractivity contribution is -0.147. The highest BCUT2D eigenvalue weighted by Gasteiger charge is 2.47. The van der Waals surface area contributed by atoms with Gasteiger partial charge in [0, 0.05) is 54.2 Å². The number of ether oxygens (including phenoxy) is 4. The van der Waals surface area contributed by atoms with Crippen molar-refractivity contribution in [3.63, 3.8) is 0 Å². The molecule has 0 N–H and O–H groups in total. The predicted molar refractivity (Wildman–Crippen MR) is 209 cm³/mol. The summed E-state index contributed by atoms with van der Waals surface area (Å²) in [5.41, 5.74) is -0.842. The maximum atomic E-state index is 16.0. The van der Waals surface area contributed by atoms with Crippen molar-refractivity contribution in [1.82, 2.24) is 24.6 Å². The van der Waals surface area contributed by atoms with Gasteiger partial charge < -0.3 is 23.8 Å². The van der Waals surface area contributed by atoms with Gasteiger partial charge in [0.1, 0.15) is 36.7 Å². The van der Waals surface area contributed by atoms with Crippen LogP contribution in [-0.4, -0.2) is 106 Å². The maximum Gasteiger partial charge on any atom is 0.339 e. The molecule has 3 heterocycles. The molecule has 2 atom stereocenters. The average Bonchev–Trinajstić information content (AvgIpc) is 3.73. The third-order valence-corrected chi connectivity index (χ3v) is 11.3. The van der Waals surface area contributed by atoms with Crippen LogP contribution >= 0.6 is 11.8 Å². The quantitative estimate of drug-likeness (QED) is 0.107. The second-order valence-corrected chi connectivity index (χ2v) is 15.6. The number of allylic oxidation sites excluding steroid dienone is 2. The second-order valence-electron chi connectivity index (χ2n) is 13.9. The molecule has 6 rings (SSSR count). The minimum atomic E-state index is -1.79. The van der Waals surface area contributed by atoms with Crippen molar-refractivity contribution in [1.29, 1.82) is 5.26 Å². The average molecular weight is 817 g/mol. The number of nitrogens with zero attached hydrogens (tertiary/aromatic N) is 6. The number of hydrogen-bond acceptors (Lipinski definition) is 12. The predicted octanol–water partition coefficient (Wildman–Crippen LogP) is 5.74. The minimum Gasteiger partial charge on any atom is -0.460 e. The van der Waals surface area contributed by atoms with Gasteiger partial charge in [0.25, 0.3) is 0 Å². The molecule has 2 aliphatic heterocycles. The first kappa shape index (κ1) is 42.3. The van der Waals surface area contributed by atoms with Crippen LogP contribution in [0.1, 0.15) is 39.5 Å². The Morgan fingerprint density at radius 3 is 2.52 bits per heavy atom. The van der Waals surface area contributed by atoms with Crippen molar-refractivity contribution in [2.75, 3.05) is 53.0 Å². The SMILES string of the molecule is CC(SC1COC(/C=C/C=C/c2ccc(C#N)cc2F)OC1)C(Cn1cncn1)(OC(=O)c1ccccc1COC(=O)CN1CCN(C)CC1)c1ccc(F)cc1F. The zero-order chi connectivity index (χ0) is 41.1. The number of nitriles is 1. The Hall–Kier alpha value is -5.31. The summed E-state index contributed by atoms with van der Waals surface area (Å²) in [6, 6.07) is 15.7. The molecule has 0 saturated carbocycles. The lowest BCUT2D eigenvalue weighted by atomic mass is 9.89. The molecule has 0 spiro atoms. The van der Waals surface area contributed by atoms with Gasteiger partial charge >= 0.3 is 11.9 Å². The normalized spacial score (nSPS) is 19.4. The van der Waals surface area contributed by atoms with Crippen molar-refractivity contribution in [2.24, 2.45) is 0 Å². The Labute approximate surface area is 338 Å². The lowest BCUT2D eigenvalue weighted by Gasteiger charge is -2.40. The highest BCUT2D eigenvalue weighted by Crippen LogP contribution is 2.42. The summed E-state index contributed by atoms with van der Waals surface area (Å²) in [5, 5.41) is 12.2. The fourth-order valence-corrected chi connectivity index (χ4v) is 7.94. The third-order valence-electron chi connectivity index (χ3n) is 9.83. The van der Waals surface area contributed by atoms with Gasteiger partial charge in [-0.25, -0.2) is 27.6 Å². The van der Waals surface area contributed by atoms with Crippen LogP contribution in [0.4, 0.5) is 13.2 Å². The summed E-state index contributed by atoms with van der Waals surface area (Å²) >= 11 is 1.33. The molecule has 58 heavy (non-hydrogen) atoms. The Bertz CT molecular complexity index is 2130. The number of esters is 2. The molecule has 2 unspecified atom stereocenters. The molecule has 0 bridgehead atoms. The summed E-state index contributed by atoms with van der Waals surface area (Å²) < 4.78 is 69.9. The molecule has 2 saturated heterocycles. The van der Waals surface area contributed by atoms with Crippen molar-refractivity contribution in [3.05, 3.63) is 137 Å². The van der Waals surface area contributed by atoms with E-state index in [1.165, 1.54) is 53.4 Å². The number of hydrogen-bond donors (Lipinski definition) is 0. The van der Waals surface area contributed by atoms with Crippen molar-refractivity contribution < 1.29 is 41.7 Å². The summed E-state index contributed by atoms with van der Waals surface area (Å²) in [7, 11) is 2.03. The van der Waals surface area contributed by atoms with Crippen LogP contribution in [-0.2, 0) is 42.5 Å². The van der Waals surface area contributed by atoms with E-state index in [0.717, 1.165) is 44.4 Å². The van der Waals surface area contributed by atoms with E-state index in [1.54, 1.807) is 49.4 Å². The van der Waals surface area contributed by atoms with Crippen LogP contribution in [0.5, 0.6) is 0 Å². The molecule has 304 valence electrons. The standard InChI is InChI=1S/C42H43F3N6O6S/c1-29(58-34-24-55-40(56-25-34)10-6-4-7-31-12-11-30(21-46)19-37(31)44)42(26-51-28-47-27-48-51,36-14-13-33(43)20-38(36)45)57-41(53)35-9-5-3-8-32(35)23-54-39(52)22-50-17-15-49(2)16-18-50/h3-14,19-20,27-29,34,40H,15-18,22-26H2,1-2H3/b7-4+,10-6+. The Balaban J connectivity index is 1.18. The van der Waals surface area contributed by atoms with E-state index in [4.69, 9.17) is 24.2 Å². The van der Waals surface area contributed by atoms with Crippen molar-refractivity contribution >= 4 is 29.8 Å². The van der Waals surface area contributed by atoms with Crippen LogP contribution in [0.3, 0.4) is 0 Å². The number of benzene rings is 3. The highest BCUT2D eigenvalue weighted by atomic mass is 32.2. The van der Waals surface area contributed by atoms with E-state index in [9.17, 15) is 18.4 Å². The first-order chi connectivity index (χ1) is 28.0. The second kappa shape index (κ2) is 19.9. The van der Waals surface area contributed by atoms with E-state index in [1.807, 2.05) is 18.0 Å². The number of piperazine rings is 1. The Morgan fingerprint density at radius 1 is 1.03 bits per heavy atom. The van der Waals surface area contributed by atoms with Crippen LogP contribution in [0.25, 0.3) is 6.08 Å². The molecule has 0 radical (unpaired) electrons. The maximum absolute atomic E-state index is 16.0. The molecule has 12 nitrogen and oxygen atoms in total. The summed E-state index contributed by atoms with van der Waals surface area (Å²) in [4.78, 5) is 35.4. The van der Waals surface area contributed by atoms with Gasteiger partial charge in [-0.1, -0.05) is 42.5 Å². The number of likely N-dealkylation sites (N-methyl/N-ethyl adjacent to an activating group) is 1. The molecule has 4 aromatic rings. The molecule has 0 aliphatic carbocycles. The number of carbonyl (C=O) groups excluding carboxylic acids is 2. The lowest BCUT2D eigenvalue weighted by Crippen LogP contribution is -2.47. The van der Waals surface area contributed by atoms with E-state index < -0.39 is 46.5 Å². The largest absolute Gasteiger partial charge is 0.460 e. The zero-order valence-corrected chi connectivity index (χ0v) is 32.8. The summed E-state index contributed by atoms with van der Waals surface area (Å²) in [6.45, 7) is 5.06. The molecule has 0 amide bonds. The van der Waals surface area contributed by atoms with Crippen molar-refractivity contribution in [3.8, 4) is 6.07 Å². The minimum absolute atomic E-state index is 0.0854. The zero-order valence-electron chi connectivity index (χ0n) is 32.0. The van der Waals surface area contributed by atoms with Gasteiger partial charge in [-0.2, -0.15) is 10.4 Å². The molecule has 16 heteroatoms. The van der Waals surface area contributed by atoms with Gasteiger partial charge in [-0.3, -0.25) is 9.69 Å². The summed E-state index contributed by atoms with van der Waals surface area (Å²) in [6.07, 6.45) is 8.50. The highest BCUT2D eigenvalue weighted by molar-refractivity contribution is 8.00. The van der Waals surface area contributed by atoms with Crippen LogP contribution in [0.2, 0.25) is 0 Å². The number of aromatic nitrogens is 3. The third kappa shape index (κ3) is 11.0. The van der Waals surface area contributed by atoms with Gasteiger partial charge in [-0.05, 0) is 50.4 Å². The van der Waals surface area contributed by atoms with Crippen LogP contribution in [0.15, 0.2) is 91.5 Å². The Morgan fingerprint density at radius 2 is 1.81 bits per heavy atom.